The van der Waals surface area contributed by atoms with Crippen LogP contribution in [0.3, 0.4) is 0 Å². The molecule has 0 N–H and O–H groups in total. The molecule has 0 saturated carbocycles. The third-order valence-corrected chi connectivity index (χ3v) is 2.91. The van der Waals surface area contributed by atoms with Gasteiger partial charge in [0.2, 0.25) is 5.90 Å². The van der Waals surface area contributed by atoms with Crippen LogP contribution in [0, 0.1) is 0 Å². The van der Waals surface area contributed by atoms with Gasteiger partial charge in [-0.3, -0.25) is 0 Å². The standard InChI is InChI=1S/C11H11NOS/c1-8-7-11(13-2)12-9-5-3-4-6-10(9)14-8/h3-7H,1-2H3. The van der Waals surface area contributed by atoms with Crippen molar-refractivity contribution in [3.63, 3.8) is 0 Å². The first kappa shape index (κ1) is 9.34. The van der Waals surface area contributed by atoms with Crippen LogP contribution in [-0.4, -0.2) is 13.0 Å². The first-order valence-corrected chi connectivity index (χ1v) is 5.19. The second kappa shape index (κ2) is 3.88. The van der Waals surface area contributed by atoms with Crippen LogP contribution in [0.1, 0.15) is 6.92 Å². The second-order valence-corrected chi connectivity index (χ2v) is 4.27. The Morgan fingerprint density at radius 2 is 2.07 bits per heavy atom. The Labute approximate surface area is 87.7 Å². The number of benzene rings is 1. The fraction of sp³-hybridized carbons (Fsp3) is 0.182. The summed E-state index contributed by atoms with van der Waals surface area (Å²) in [5.41, 5.74) is 0.974. The fourth-order valence-corrected chi connectivity index (χ4v) is 2.14. The molecule has 0 aromatic heterocycles. The van der Waals surface area contributed by atoms with E-state index in [0.717, 1.165) is 5.69 Å². The maximum Gasteiger partial charge on any atom is 0.214 e. The average molecular weight is 205 g/mol. The molecule has 0 saturated heterocycles. The Bertz CT molecular complexity index is 410. The first-order chi connectivity index (χ1) is 6.79. The van der Waals surface area contributed by atoms with Crippen LogP contribution in [-0.2, 0) is 4.74 Å². The number of nitrogens with zero attached hydrogens (tertiary/aromatic N) is 1. The van der Waals surface area contributed by atoms with Crippen LogP contribution in [0.2, 0.25) is 0 Å². The van der Waals surface area contributed by atoms with E-state index in [1.807, 2.05) is 24.3 Å². The van der Waals surface area contributed by atoms with Crippen molar-refractivity contribution in [2.45, 2.75) is 11.8 Å². The molecule has 0 radical (unpaired) electrons. The lowest BCUT2D eigenvalue weighted by Crippen LogP contribution is -1.94. The lowest BCUT2D eigenvalue weighted by Gasteiger charge is -2.00. The number of thioether (sulfide) groups is 1. The van der Waals surface area contributed by atoms with Crippen LogP contribution < -0.4 is 0 Å². The number of ether oxygens (including phenoxy) is 1. The molecule has 1 aromatic rings. The summed E-state index contributed by atoms with van der Waals surface area (Å²) in [6, 6.07) is 8.07. The van der Waals surface area contributed by atoms with Gasteiger partial charge in [0.1, 0.15) is 0 Å². The number of rotatable bonds is 0. The molecule has 72 valence electrons. The lowest BCUT2D eigenvalue weighted by molar-refractivity contribution is 0.407. The Balaban J connectivity index is 2.51. The van der Waals surface area contributed by atoms with Crippen LogP contribution in [0.25, 0.3) is 0 Å². The third-order valence-electron chi connectivity index (χ3n) is 1.90. The molecule has 0 spiro atoms. The predicted molar refractivity (Wildman–Crippen MR) is 60.2 cm³/mol. The van der Waals surface area contributed by atoms with E-state index in [1.165, 1.54) is 9.80 Å². The SMILES string of the molecule is COC1=Nc2ccccc2SC(C)=C1. The van der Waals surface area contributed by atoms with Gasteiger partial charge < -0.3 is 4.74 Å². The van der Waals surface area contributed by atoms with E-state index in [2.05, 4.69) is 18.0 Å². The van der Waals surface area contributed by atoms with Gasteiger partial charge in [-0.2, -0.15) is 0 Å². The third kappa shape index (κ3) is 1.82. The summed E-state index contributed by atoms with van der Waals surface area (Å²) >= 11 is 1.72. The summed E-state index contributed by atoms with van der Waals surface area (Å²) in [4.78, 5) is 6.77. The van der Waals surface area contributed by atoms with Gasteiger partial charge in [0.15, 0.2) is 0 Å². The van der Waals surface area contributed by atoms with Crippen LogP contribution in [0.4, 0.5) is 5.69 Å². The number of para-hydroxylation sites is 1. The van der Waals surface area contributed by atoms with Crippen LogP contribution in [0.15, 0.2) is 45.1 Å². The van der Waals surface area contributed by atoms with E-state index in [0.29, 0.717) is 5.90 Å². The van der Waals surface area contributed by atoms with Gasteiger partial charge in [-0.25, -0.2) is 4.99 Å². The molecule has 0 fully saturated rings. The van der Waals surface area contributed by atoms with Crippen LogP contribution >= 0.6 is 11.8 Å². The van der Waals surface area contributed by atoms with Crippen molar-refractivity contribution < 1.29 is 4.74 Å². The van der Waals surface area contributed by atoms with Gasteiger partial charge in [-0.05, 0) is 24.0 Å². The van der Waals surface area contributed by atoms with Crippen molar-refractivity contribution in [3.8, 4) is 0 Å². The fourth-order valence-electron chi connectivity index (χ4n) is 1.27. The highest BCUT2D eigenvalue weighted by Crippen LogP contribution is 2.36. The molecule has 1 aliphatic rings. The number of hydrogen-bond donors (Lipinski definition) is 0. The van der Waals surface area contributed by atoms with E-state index in [-0.39, 0.29) is 0 Å². The minimum atomic E-state index is 0.667. The van der Waals surface area contributed by atoms with Gasteiger partial charge in [0.25, 0.3) is 0 Å². The zero-order valence-electron chi connectivity index (χ0n) is 8.15. The van der Waals surface area contributed by atoms with Crippen molar-refractivity contribution in [3.05, 3.63) is 35.2 Å². The zero-order chi connectivity index (χ0) is 9.97. The Kier molecular flexibility index (Phi) is 2.59. The molecule has 1 heterocycles. The highest BCUT2D eigenvalue weighted by Gasteiger charge is 2.08. The number of allylic oxidation sites excluding steroid dienone is 1. The van der Waals surface area contributed by atoms with E-state index in [9.17, 15) is 0 Å². The van der Waals surface area contributed by atoms with Crippen molar-refractivity contribution in [2.75, 3.05) is 7.11 Å². The molecule has 0 unspecified atom stereocenters. The summed E-state index contributed by atoms with van der Waals surface area (Å²) in [5.74, 6) is 0.667. The number of fused-ring (bicyclic) bond motifs is 1. The van der Waals surface area contributed by atoms with Gasteiger partial charge in [0.05, 0.1) is 12.8 Å². The van der Waals surface area contributed by atoms with Gasteiger partial charge in [0, 0.05) is 11.0 Å². The lowest BCUT2D eigenvalue weighted by atomic mass is 10.3. The smallest absolute Gasteiger partial charge is 0.214 e. The van der Waals surface area contributed by atoms with Crippen LogP contribution in [0.5, 0.6) is 0 Å². The normalized spacial score (nSPS) is 15.0. The van der Waals surface area contributed by atoms with E-state index >= 15 is 0 Å². The average Bonchev–Trinajstić information content (AvgIpc) is 2.35. The summed E-state index contributed by atoms with van der Waals surface area (Å²) < 4.78 is 5.16. The molecule has 14 heavy (non-hydrogen) atoms. The maximum absolute atomic E-state index is 5.16. The Hall–Kier alpha value is -1.22. The molecule has 2 rings (SSSR count). The molecule has 0 atom stereocenters. The predicted octanol–water partition coefficient (Wildman–Crippen LogP) is 3.37. The molecule has 0 bridgehead atoms. The minimum absolute atomic E-state index is 0.667. The van der Waals surface area contributed by atoms with E-state index < -0.39 is 0 Å². The highest BCUT2D eigenvalue weighted by atomic mass is 32.2. The molecular formula is C11H11NOS. The zero-order valence-corrected chi connectivity index (χ0v) is 8.97. The molecule has 0 aliphatic carbocycles. The van der Waals surface area contributed by atoms with Crippen molar-refractivity contribution in [2.24, 2.45) is 4.99 Å². The van der Waals surface area contributed by atoms with E-state index in [4.69, 9.17) is 4.74 Å². The Morgan fingerprint density at radius 3 is 2.86 bits per heavy atom. The maximum atomic E-state index is 5.16. The largest absolute Gasteiger partial charge is 0.481 e. The van der Waals surface area contributed by atoms with Crippen molar-refractivity contribution in [1.82, 2.24) is 0 Å². The summed E-state index contributed by atoms with van der Waals surface area (Å²) in [7, 11) is 1.64. The van der Waals surface area contributed by atoms with Gasteiger partial charge in [-0.1, -0.05) is 23.9 Å². The number of hydrogen-bond acceptors (Lipinski definition) is 3. The van der Waals surface area contributed by atoms with Crippen molar-refractivity contribution in [1.29, 1.82) is 0 Å². The summed E-state index contributed by atoms with van der Waals surface area (Å²) in [5, 5.41) is 0. The second-order valence-electron chi connectivity index (χ2n) is 2.98. The molecule has 1 aromatic carbocycles. The van der Waals surface area contributed by atoms with E-state index in [1.54, 1.807) is 18.9 Å². The molecular weight excluding hydrogens is 194 g/mol. The highest BCUT2D eigenvalue weighted by molar-refractivity contribution is 8.03. The number of methoxy groups -OCH3 is 1. The molecule has 0 amide bonds. The summed E-state index contributed by atoms with van der Waals surface area (Å²) in [6.07, 6.45) is 1.95. The molecule has 3 heteroatoms. The van der Waals surface area contributed by atoms with Gasteiger partial charge >= 0.3 is 0 Å². The molecule has 2 nitrogen and oxygen atoms in total. The topological polar surface area (TPSA) is 21.6 Å². The summed E-state index contributed by atoms with van der Waals surface area (Å²) in [6.45, 7) is 2.06. The molecule has 1 aliphatic heterocycles. The quantitative estimate of drug-likeness (QED) is 0.647. The minimum Gasteiger partial charge on any atom is -0.481 e. The number of aliphatic imine (C=N–C) groups is 1. The Morgan fingerprint density at radius 1 is 1.29 bits per heavy atom. The first-order valence-electron chi connectivity index (χ1n) is 4.37. The van der Waals surface area contributed by atoms with Crippen molar-refractivity contribution >= 4 is 23.3 Å². The van der Waals surface area contributed by atoms with Gasteiger partial charge in [-0.15, -0.1) is 0 Å². The monoisotopic (exact) mass is 205 g/mol.